The van der Waals surface area contributed by atoms with E-state index in [0.29, 0.717) is 24.9 Å². The Bertz CT molecular complexity index is 1320. The van der Waals surface area contributed by atoms with Crippen LogP contribution in [0.3, 0.4) is 0 Å². The summed E-state index contributed by atoms with van der Waals surface area (Å²) in [7, 11) is 0. The van der Waals surface area contributed by atoms with Gasteiger partial charge in [0.15, 0.2) is 0 Å². The Labute approximate surface area is 201 Å². The number of esters is 1. The van der Waals surface area contributed by atoms with Gasteiger partial charge < -0.3 is 15.4 Å². The number of rotatable bonds is 6. The highest BCUT2D eigenvalue weighted by Gasteiger charge is 2.55. The van der Waals surface area contributed by atoms with Crippen molar-refractivity contribution in [2.45, 2.75) is 24.9 Å². The lowest BCUT2D eigenvalue weighted by molar-refractivity contribution is -0.141. The highest BCUT2D eigenvalue weighted by molar-refractivity contribution is 6.09. The molecule has 5 rings (SSSR count). The molecule has 1 aliphatic carbocycles. The Morgan fingerprint density at radius 2 is 1.74 bits per heavy atom. The van der Waals surface area contributed by atoms with Crippen molar-refractivity contribution in [2.75, 3.05) is 6.54 Å². The minimum atomic E-state index is -1.13. The molecule has 2 aliphatic rings. The van der Waals surface area contributed by atoms with Crippen molar-refractivity contribution in [3.63, 3.8) is 0 Å². The zero-order valence-electron chi connectivity index (χ0n) is 18.8. The molecule has 1 unspecified atom stereocenters. The van der Waals surface area contributed by atoms with Crippen LogP contribution in [0.4, 0.5) is 4.79 Å². The molecule has 0 saturated carbocycles. The minimum absolute atomic E-state index is 0.148. The topological polar surface area (TPSA) is 105 Å². The van der Waals surface area contributed by atoms with Crippen LogP contribution in [0.2, 0.25) is 0 Å². The minimum Gasteiger partial charge on any atom is -0.425 e. The first kappa shape index (κ1) is 22.3. The summed E-state index contributed by atoms with van der Waals surface area (Å²) in [4.78, 5) is 51.8. The lowest BCUT2D eigenvalue weighted by atomic mass is 9.92. The number of benzene rings is 3. The molecule has 8 heteroatoms. The van der Waals surface area contributed by atoms with Gasteiger partial charge in [-0.1, -0.05) is 60.7 Å². The fourth-order valence-corrected chi connectivity index (χ4v) is 4.61. The molecule has 0 radical (unpaired) electrons. The average Bonchev–Trinajstić information content (AvgIpc) is 3.36. The van der Waals surface area contributed by atoms with Crippen LogP contribution in [-0.4, -0.2) is 35.3 Å². The molecule has 0 aromatic heterocycles. The zero-order valence-corrected chi connectivity index (χ0v) is 18.8. The van der Waals surface area contributed by atoms with Crippen molar-refractivity contribution in [1.82, 2.24) is 15.5 Å². The predicted octanol–water partition coefficient (Wildman–Crippen LogP) is 2.92. The number of amides is 4. The van der Waals surface area contributed by atoms with Crippen LogP contribution in [0.1, 0.15) is 33.5 Å². The summed E-state index contributed by atoms with van der Waals surface area (Å²) in [5.41, 5.74) is 1.92. The summed E-state index contributed by atoms with van der Waals surface area (Å²) < 4.78 is 5.35. The van der Waals surface area contributed by atoms with Crippen molar-refractivity contribution in [2.24, 2.45) is 0 Å². The van der Waals surface area contributed by atoms with Gasteiger partial charge in [-0.05, 0) is 47.7 Å². The van der Waals surface area contributed by atoms with E-state index in [1.165, 1.54) is 12.1 Å². The third-order valence-corrected chi connectivity index (χ3v) is 6.33. The molecular formula is C27H23N3O5. The molecule has 1 heterocycles. The van der Waals surface area contributed by atoms with Crippen LogP contribution >= 0.6 is 0 Å². The number of ether oxygens (including phenoxy) is 1. The third kappa shape index (κ3) is 4.26. The Kier molecular flexibility index (Phi) is 5.78. The van der Waals surface area contributed by atoms with E-state index >= 15 is 0 Å². The number of carbonyl (C=O) groups is 4. The molecule has 1 fully saturated rings. The maximum atomic E-state index is 13.2. The standard InChI is InChI=1S/C27H23N3O5/c31-23(17-30-25(33)27(29-26(30)34)14-13-19-9-4-5-12-22(19)27)35-21-11-6-10-20(15-21)24(32)28-16-18-7-2-1-3-8-18/h1-12,15H,13-14,16-17H2,(H,28,32)(H,29,34). The lowest BCUT2D eigenvalue weighted by Crippen LogP contribution is -2.42. The van der Waals surface area contributed by atoms with E-state index < -0.39 is 30.0 Å². The fraction of sp³-hybridized carbons (Fsp3) is 0.185. The van der Waals surface area contributed by atoms with E-state index in [2.05, 4.69) is 10.6 Å². The SMILES string of the molecule is O=C(CN1C(=O)NC2(CCc3ccccc32)C1=O)Oc1cccc(C(=O)NCc2ccccc2)c1. The molecule has 1 spiro atoms. The van der Waals surface area contributed by atoms with Crippen LogP contribution < -0.4 is 15.4 Å². The smallest absolute Gasteiger partial charge is 0.331 e. The van der Waals surface area contributed by atoms with Crippen molar-refractivity contribution in [3.8, 4) is 5.75 Å². The molecule has 4 amide bonds. The van der Waals surface area contributed by atoms with Crippen molar-refractivity contribution in [3.05, 3.63) is 101 Å². The maximum absolute atomic E-state index is 13.2. The van der Waals surface area contributed by atoms with Crippen molar-refractivity contribution >= 4 is 23.8 Å². The van der Waals surface area contributed by atoms with Crippen LogP contribution in [0, 0.1) is 0 Å². The summed E-state index contributed by atoms with van der Waals surface area (Å²) in [6.45, 7) is -0.167. The van der Waals surface area contributed by atoms with Crippen molar-refractivity contribution in [1.29, 1.82) is 0 Å². The quantitative estimate of drug-likeness (QED) is 0.328. The maximum Gasteiger partial charge on any atom is 0.331 e. The van der Waals surface area contributed by atoms with Crippen LogP contribution in [-0.2, 0) is 28.1 Å². The molecule has 1 atom stereocenters. The second-order valence-corrected chi connectivity index (χ2v) is 8.55. The van der Waals surface area contributed by atoms with Gasteiger partial charge >= 0.3 is 12.0 Å². The monoisotopic (exact) mass is 469 g/mol. The van der Waals surface area contributed by atoms with Gasteiger partial charge in [-0.3, -0.25) is 14.5 Å². The number of aryl methyl sites for hydroxylation is 1. The predicted molar refractivity (Wildman–Crippen MR) is 126 cm³/mol. The van der Waals surface area contributed by atoms with E-state index in [9.17, 15) is 19.2 Å². The van der Waals surface area contributed by atoms with E-state index in [0.717, 1.165) is 21.6 Å². The average molecular weight is 469 g/mol. The third-order valence-electron chi connectivity index (χ3n) is 6.33. The highest BCUT2D eigenvalue weighted by atomic mass is 16.5. The first-order chi connectivity index (χ1) is 17.0. The van der Waals surface area contributed by atoms with E-state index in [1.54, 1.807) is 12.1 Å². The van der Waals surface area contributed by atoms with Gasteiger partial charge in [0.05, 0.1) is 0 Å². The second-order valence-electron chi connectivity index (χ2n) is 8.55. The Morgan fingerprint density at radius 1 is 0.971 bits per heavy atom. The highest BCUT2D eigenvalue weighted by Crippen LogP contribution is 2.41. The molecule has 176 valence electrons. The Balaban J connectivity index is 1.23. The number of nitrogens with one attached hydrogen (secondary N) is 2. The number of imide groups is 1. The van der Waals surface area contributed by atoms with E-state index in [1.807, 2.05) is 54.6 Å². The van der Waals surface area contributed by atoms with E-state index in [-0.39, 0.29) is 11.7 Å². The van der Waals surface area contributed by atoms with Gasteiger partial charge in [-0.2, -0.15) is 0 Å². The molecule has 2 N–H and O–H groups in total. The summed E-state index contributed by atoms with van der Waals surface area (Å²) in [5.74, 6) is -1.41. The molecular weight excluding hydrogens is 446 g/mol. The number of hydrogen-bond acceptors (Lipinski definition) is 5. The van der Waals surface area contributed by atoms with Gasteiger partial charge in [-0.25, -0.2) is 9.59 Å². The van der Waals surface area contributed by atoms with Gasteiger partial charge in [0.2, 0.25) is 0 Å². The van der Waals surface area contributed by atoms with Crippen LogP contribution in [0.15, 0.2) is 78.9 Å². The fourth-order valence-electron chi connectivity index (χ4n) is 4.61. The molecule has 0 bridgehead atoms. The normalized spacial score (nSPS) is 18.3. The van der Waals surface area contributed by atoms with E-state index in [4.69, 9.17) is 4.74 Å². The molecule has 35 heavy (non-hydrogen) atoms. The number of nitrogens with zero attached hydrogens (tertiary/aromatic N) is 1. The van der Waals surface area contributed by atoms with Crippen molar-refractivity contribution < 1.29 is 23.9 Å². The van der Waals surface area contributed by atoms with Gasteiger partial charge in [-0.15, -0.1) is 0 Å². The summed E-state index contributed by atoms with van der Waals surface area (Å²) >= 11 is 0. The number of hydrogen-bond donors (Lipinski definition) is 2. The molecule has 1 aliphatic heterocycles. The molecule has 8 nitrogen and oxygen atoms in total. The largest absolute Gasteiger partial charge is 0.425 e. The molecule has 3 aromatic rings. The number of fused-ring (bicyclic) bond motifs is 2. The summed E-state index contributed by atoms with van der Waals surface area (Å²) in [6, 6.07) is 22.5. The number of urea groups is 1. The summed E-state index contributed by atoms with van der Waals surface area (Å²) in [5, 5.41) is 5.60. The van der Waals surface area contributed by atoms with Gasteiger partial charge in [0.25, 0.3) is 11.8 Å². The van der Waals surface area contributed by atoms with Gasteiger partial charge in [0, 0.05) is 12.1 Å². The van der Waals surface area contributed by atoms with Crippen LogP contribution in [0.5, 0.6) is 5.75 Å². The molecule has 3 aromatic carbocycles. The van der Waals surface area contributed by atoms with Gasteiger partial charge in [0.1, 0.15) is 17.8 Å². The Hall–Kier alpha value is -4.46. The van der Waals surface area contributed by atoms with Crippen LogP contribution in [0.25, 0.3) is 0 Å². The Morgan fingerprint density at radius 3 is 2.57 bits per heavy atom. The lowest BCUT2D eigenvalue weighted by Gasteiger charge is -2.22. The second kappa shape index (κ2) is 9.06. The summed E-state index contributed by atoms with van der Waals surface area (Å²) in [6.07, 6.45) is 1.11. The first-order valence-corrected chi connectivity index (χ1v) is 11.3. The molecule has 1 saturated heterocycles. The zero-order chi connectivity index (χ0) is 24.4. The first-order valence-electron chi connectivity index (χ1n) is 11.3. The number of carbonyl (C=O) groups excluding carboxylic acids is 4.